The second-order valence-electron chi connectivity index (χ2n) is 1.72. The lowest BCUT2D eigenvalue weighted by Crippen LogP contribution is -2.25. The summed E-state index contributed by atoms with van der Waals surface area (Å²) in [5, 5.41) is 10.5. The normalized spacial score (nSPS) is 10.5. The van der Waals surface area contributed by atoms with Crippen LogP contribution in [0.5, 0.6) is 0 Å². The Morgan fingerprint density at radius 1 is 1.55 bits per heavy atom. The molecule has 11 heavy (non-hydrogen) atoms. The third-order valence-corrected chi connectivity index (χ3v) is 0.845. The summed E-state index contributed by atoms with van der Waals surface area (Å²) in [5.74, 6) is -1.24. The molecule has 0 atom stereocenters. The molecule has 0 heterocycles. The molecular formula is C6H9NO4. The van der Waals surface area contributed by atoms with Gasteiger partial charge < -0.3 is 15.2 Å². The summed E-state index contributed by atoms with van der Waals surface area (Å²) >= 11 is 0. The molecule has 5 heteroatoms. The van der Waals surface area contributed by atoms with Gasteiger partial charge in [0, 0.05) is 6.92 Å². The van der Waals surface area contributed by atoms with Gasteiger partial charge in [0.05, 0.1) is 7.11 Å². The molecule has 0 unspecified atom stereocenters. The Bertz CT molecular complexity index is 197. The lowest BCUT2D eigenvalue weighted by Gasteiger charge is -2.02. The van der Waals surface area contributed by atoms with Crippen LogP contribution in [-0.2, 0) is 14.3 Å². The minimum atomic E-state index is -0.789. The first-order valence-corrected chi connectivity index (χ1v) is 2.82. The highest BCUT2D eigenvalue weighted by molar-refractivity contribution is 5.92. The van der Waals surface area contributed by atoms with Crippen molar-refractivity contribution in [2.24, 2.45) is 0 Å². The first-order valence-electron chi connectivity index (χ1n) is 2.82. The van der Waals surface area contributed by atoms with Crippen molar-refractivity contribution < 1.29 is 19.4 Å². The van der Waals surface area contributed by atoms with Crippen LogP contribution in [0.3, 0.4) is 0 Å². The number of aliphatic hydroxyl groups excluding tert-OH is 1. The van der Waals surface area contributed by atoms with Crippen molar-refractivity contribution in [2.75, 3.05) is 7.11 Å². The molecule has 1 amide bonds. The number of rotatable bonds is 2. The van der Waals surface area contributed by atoms with Crippen LogP contribution in [0.1, 0.15) is 6.92 Å². The van der Waals surface area contributed by atoms with Gasteiger partial charge in [-0.05, 0) is 0 Å². The number of carbonyl (C=O) groups is 2. The molecule has 0 aliphatic rings. The summed E-state index contributed by atoms with van der Waals surface area (Å²) in [6.07, 6.45) is 0.479. The molecule has 0 spiro atoms. The van der Waals surface area contributed by atoms with Gasteiger partial charge in [0.25, 0.3) is 0 Å². The molecule has 0 rings (SSSR count). The van der Waals surface area contributed by atoms with Gasteiger partial charge >= 0.3 is 5.97 Å². The summed E-state index contributed by atoms with van der Waals surface area (Å²) in [7, 11) is 1.15. The van der Waals surface area contributed by atoms with Crippen LogP contribution < -0.4 is 5.32 Å². The van der Waals surface area contributed by atoms with E-state index in [0.29, 0.717) is 6.26 Å². The topological polar surface area (TPSA) is 75.6 Å². The Morgan fingerprint density at radius 2 is 2.09 bits per heavy atom. The van der Waals surface area contributed by atoms with Crippen LogP contribution >= 0.6 is 0 Å². The minimum Gasteiger partial charge on any atom is -0.513 e. The van der Waals surface area contributed by atoms with E-state index >= 15 is 0 Å². The van der Waals surface area contributed by atoms with Gasteiger partial charge in [0.1, 0.15) is 6.26 Å². The van der Waals surface area contributed by atoms with Crippen LogP contribution in [0, 0.1) is 0 Å². The van der Waals surface area contributed by atoms with E-state index < -0.39 is 11.9 Å². The minimum absolute atomic E-state index is 0.278. The van der Waals surface area contributed by atoms with Crippen LogP contribution in [0.15, 0.2) is 12.0 Å². The van der Waals surface area contributed by atoms with Gasteiger partial charge in [-0.1, -0.05) is 0 Å². The van der Waals surface area contributed by atoms with Crippen molar-refractivity contribution in [2.45, 2.75) is 6.92 Å². The molecule has 0 saturated heterocycles. The zero-order valence-corrected chi connectivity index (χ0v) is 6.25. The zero-order valence-electron chi connectivity index (χ0n) is 6.25. The number of carbonyl (C=O) groups excluding carboxylic acids is 2. The Morgan fingerprint density at radius 3 is 2.36 bits per heavy atom. The highest BCUT2D eigenvalue weighted by Crippen LogP contribution is 1.89. The number of hydrogen-bond donors (Lipinski definition) is 2. The smallest absolute Gasteiger partial charge is 0.357 e. The van der Waals surface area contributed by atoms with E-state index in [1.165, 1.54) is 6.92 Å². The Labute approximate surface area is 63.7 Å². The SMILES string of the molecule is COC(=O)/C(=C/O)NC(C)=O. The maximum atomic E-state index is 10.6. The van der Waals surface area contributed by atoms with Crippen LogP contribution in [0.2, 0.25) is 0 Å². The summed E-state index contributed by atoms with van der Waals surface area (Å²) in [6.45, 7) is 1.21. The highest BCUT2D eigenvalue weighted by atomic mass is 16.5. The fourth-order valence-corrected chi connectivity index (χ4v) is 0.436. The number of methoxy groups -OCH3 is 1. The van der Waals surface area contributed by atoms with Gasteiger partial charge in [0.15, 0.2) is 5.70 Å². The third-order valence-electron chi connectivity index (χ3n) is 0.845. The molecular weight excluding hydrogens is 150 g/mol. The van der Waals surface area contributed by atoms with Crippen LogP contribution in [0.4, 0.5) is 0 Å². The Hall–Kier alpha value is -1.52. The third kappa shape index (κ3) is 3.24. The van der Waals surface area contributed by atoms with E-state index in [2.05, 4.69) is 10.1 Å². The monoisotopic (exact) mass is 159 g/mol. The standard InChI is InChI=1S/C6H9NO4/c1-4(9)7-5(3-8)6(10)11-2/h3,8H,1-2H3,(H,7,9)/b5-3-. The van der Waals surface area contributed by atoms with E-state index in [-0.39, 0.29) is 5.70 Å². The number of ether oxygens (including phenoxy) is 1. The molecule has 62 valence electrons. The molecule has 0 saturated carbocycles. The number of amides is 1. The number of nitrogens with one attached hydrogen (secondary N) is 1. The average molecular weight is 159 g/mol. The highest BCUT2D eigenvalue weighted by Gasteiger charge is 2.09. The lowest BCUT2D eigenvalue weighted by atomic mass is 10.4. The quantitative estimate of drug-likeness (QED) is 0.329. The molecule has 0 fully saturated rings. The van der Waals surface area contributed by atoms with Crippen LogP contribution in [-0.4, -0.2) is 24.1 Å². The molecule has 0 bridgehead atoms. The van der Waals surface area contributed by atoms with Crippen molar-refractivity contribution in [3.63, 3.8) is 0 Å². The zero-order chi connectivity index (χ0) is 8.85. The maximum absolute atomic E-state index is 10.6. The van der Waals surface area contributed by atoms with Crippen molar-refractivity contribution >= 4 is 11.9 Å². The first-order chi connectivity index (χ1) is 5.11. The molecule has 0 aliphatic carbocycles. The second kappa shape index (κ2) is 4.32. The second-order valence-corrected chi connectivity index (χ2v) is 1.72. The number of esters is 1. The van der Waals surface area contributed by atoms with Gasteiger partial charge in [-0.3, -0.25) is 4.79 Å². The molecule has 0 aromatic rings. The van der Waals surface area contributed by atoms with E-state index in [0.717, 1.165) is 7.11 Å². The van der Waals surface area contributed by atoms with Gasteiger partial charge in [-0.15, -0.1) is 0 Å². The van der Waals surface area contributed by atoms with E-state index in [1.54, 1.807) is 0 Å². The summed E-state index contributed by atoms with van der Waals surface area (Å²) in [6, 6.07) is 0. The summed E-state index contributed by atoms with van der Waals surface area (Å²) in [5.41, 5.74) is -0.278. The molecule has 5 nitrogen and oxygen atoms in total. The molecule has 0 aliphatic heterocycles. The number of aliphatic hydroxyl groups is 1. The van der Waals surface area contributed by atoms with E-state index in [9.17, 15) is 9.59 Å². The van der Waals surface area contributed by atoms with Crippen LogP contribution in [0.25, 0.3) is 0 Å². The maximum Gasteiger partial charge on any atom is 0.357 e. The molecule has 0 aromatic heterocycles. The summed E-state index contributed by atoms with van der Waals surface area (Å²) < 4.78 is 4.22. The molecule has 0 radical (unpaired) electrons. The Kier molecular flexibility index (Phi) is 3.72. The average Bonchev–Trinajstić information content (AvgIpc) is 1.98. The fraction of sp³-hybridized carbons (Fsp3) is 0.333. The van der Waals surface area contributed by atoms with E-state index in [4.69, 9.17) is 5.11 Å². The van der Waals surface area contributed by atoms with Crippen molar-refractivity contribution in [1.82, 2.24) is 5.32 Å². The molecule has 0 aromatic carbocycles. The fourth-order valence-electron chi connectivity index (χ4n) is 0.436. The number of hydrogen-bond acceptors (Lipinski definition) is 4. The predicted molar refractivity (Wildman–Crippen MR) is 36.5 cm³/mol. The van der Waals surface area contributed by atoms with Gasteiger partial charge in [-0.2, -0.15) is 0 Å². The largest absolute Gasteiger partial charge is 0.513 e. The van der Waals surface area contributed by atoms with Crippen molar-refractivity contribution in [3.8, 4) is 0 Å². The first kappa shape index (κ1) is 9.48. The van der Waals surface area contributed by atoms with Gasteiger partial charge in [-0.25, -0.2) is 4.79 Å². The van der Waals surface area contributed by atoms with Crippen molar-refractivity contribution in [3.05, 3.63) is 12.0 Å². The van der Waals surface area contributed by atoms with E-state index in [1.807, 2.05) is 0 Å². The molecule has 2 N–H and O–H groups in total. The van der Waals surface area contributed by atoms with Crippen molar-refractivity contribution in [1.29, 1.82) is 0 Å². The Balaban J connectivity index is 4.20. The summed E-state index contributed by atoms with van der Waals surface area (Å²) in [4.78, 5) is 21.0. The lowest BCUT2D eigenvalue weighted by molar-refractivity contribution is -0.137. The van der Waals surface area contributed by atoms with Gasteiger partial charge in [0.2, 0.25) is 5.91 Å². The predicted octanol–water partition coefficient (Wildman–Crippen LogP) is -0.305.